The number of aryl methyl sites for hydroxylation is 1. The van der Waals surface area contributed by atoms with Gasteiger partial charge in [0.15, 0.2) is 5.78 Å². The molecule has 0 bridgehead atoms. The topological polar surface area (TPSA) is 98.0 Å². The van der Waals surface area contributed by atoms with Crippen molar-refractivity contribution in [1.29, 1.82) is 0 Å². The van der Waals surface area contributed by atoms with Gasteiger partial charge in [0.25, 0.3) is 5.91 Å². The van der Waals surface area contributed by atoms with Crippen LogP contribution in [0.5, 0.6) is 0 Å². The molecule has 3 rings (SSSR count). The molecule has 3 aromatic heterocycles. The first-order valence-electron chi connectivity index (χ1n) is 9.12. The van der Waals surface area contributed by atoms with E-state index in [1.54, 1.807) is 25.4 Å². The van der Waals surface area contributed by atoms with Crippen LogP contribution in [0.25, 0.3) is 11.5 Å². The van der Waals surface area contributed by atoms with Gasteiger partial charge in [-0.3, -0.25) is 9.59 Å². The van der Waals surface area contributed by atoms with E-state index in [1.165, 1.54) is 12.3 Å². The monoisotopic (exact) mass is 502 g/mol. The summed E-state index contributed by atoms with van der Waals surface area (Å²) in [7, 11) is 0. The lowest BCUT2D eigenvalue weighted by Crippen LogP contribution is -2.29. The number of amides is 1. The highest BCUT2D eigenvalue weighted by atomic mass is 35.5. The third kappa shape index (κ3) is 7.47. The van der Waals surface area contributed by atoms with Crippen LogP contribution in [0.2, 0.25) is 20.4 Å². The van der Waals surface area contributed by atoms with Crippen LogP contribution in [0.3, 0.4) is 0 Å². The van der Waals surface area contributed by atoms with Gasteiger partial charge in [0.1, 0.15) is 16.1 Å². The van der Waals surface area contributed by atoms with Crippen molar-refractivity contribution in [3.8, 4) is 11.5 Å². The van der Waals surface area contributed by atoms with Crippen molar-refractivity contribution >= 4 is 58.1 Å². The van der Waals surface area contributed by atoms with Crippen LogP contribution in [0, 0.1) is 0 Å². The Morgan fingerprint density at radius 2 is 1.58 bits per heavy atom. The lowest BCUT2D eigenvalue weighted by molar-refractivity contribution is -0.117. The number of oxazole rings is 1. The Hall–Kier alpha value is -2.19. The number of aromatic nitrogens is 3. The number of halogens is 4. The van der Waals surface area contributed by atoms with Crippen LogP contribution >= 0.6 is 46.4 Å². The third-order valence-corrected chi connectivity index (χ3v) is 5.22. The van der Waals surface area contributed by atoms with Crippen molar-refractivity contribution in [1.82, 2.24) is 20.3 Å². The summed E-state index contributed by atoms with van der Waals surface area (Å²) >= 11 is 22.9. The molecule has 3 heterocycles. The Morgan fingerprint density at radius 3 is 2.13 bits per heavy atom. The predicted molar refractivity (Wildman–Crippen MR) is 121 cm³/mol. The molecule has 31 heavy (non-hydrogen) atoms. The van der Waals surface area contributed by atoms with E-state index in [0.717, 1.165) is 17.7 Å². The van der Waals surface area contributed by atoms with Crippen LogP contribution in [-0.4, -0.2) is 33.2 Å². The maximum atomic E-state index is 11.5. The molecular weight excluding hydrogens is 486 g/mol. The van der Waals surface area contributed by atoms with E-state index in [4.69, 9.17) is 50.8 Å². The van der Waals surface area contributed by atoms with Gasteiger partial charge < -0.3 is 9.73 Å². The number of nitrogens with one attached hydrogen (secondary N) is 1. The Morgan fingerprint density at radius 1 is 0.935 bits per heavy atom. The minimum Gasteiger partial charge on any atom is -0.441 e. The van der Waals surface area contributed by atoms with E-state index in [2.05, 4.69) is 20.3 Å². The Labute approximate surface area is 199 Å². The van der Waals surface area contributed by atoms with Crippen molar-refractivity contribution in [3.63, 3.8) is 0 Å². The number of Topliss-reactive ketones (excluding diaryl/α,β-unsaturated/α-hetero) is 1. The van der Waals surface area contributed by atoms with Gasteiger partial charge >= 0.3 is 0 Å². The van der Waals surface area contributed by atoms with Crippen molar-refractivity contribution in [2.45, 2.75) is 26.7 Å². The minimum atomic E-state index is -0.395. The van der Waals surface area contributed by atoms with Crippen LogP contribution in [-0.2, 0) is 11.2 Å². The SMILES string of the molecule is CCC(=O)CNC(=O)c1cnc(Cl)c(Cl)c1.CCc1cnc(-c2cnc(Cl)c(Cl)c2)o1. The second kappa shape index (κ2) is 12.0. The average Bonchev–Trinajstić information content (AvgIpc) is 3.25. The normalized spacial score (nSPS) is 10.3. The van der Waals surface area contributed by atoms with Crippen LogP contribution in [0.4, 0.5) is 0 Å². The van der Waals surface area contributed by atoms with E-state index < -0.39 is 5.91 Å². The molecular formula is C20H18Cl4N4O3. The summed E-state index contributed by atoms with van der Waals surface area (Å²) in [6, 6.07) is 3.09. The van der Waals surface area contributed by atoms with E-state index in [-0.39, 0.29) is 33.2 Å². The van der Waals surface area contributed by atoms with Gasteiger partial charge in [-0.25, -0.2) is 15.0 Å². The molecule has 7 nitrogen and oxygen atoms in total. The first-order valence-corrected chi connectivity index (χ1v) is 10.6. The lowest BCUT2D eigenvalue weighted by Gasteiger charge is -2.04. The largest absolute Gasteiger partial charge is 0.441 e. The molecule has 0 saturated heterocycles. The molecule has 0 fully saturated rings. The first-order chi connectivity index (χ1) is 14.7. The summed E-state index contributed by atoms with van der Waals surface area (Å²) in [4.78, 5) is 34.3. The summed E-state index contributed by atoms with van der Waals surface area (Å²) in [5.74, 6) is 0.906. The number of ketones is 1. The zero-order valence-corrected chi connectivity index (χ0v) is 19.6. The van der Waals surface area contributed by atoms with Gasteiger partial charge in [-0.05, 0) is 12.1 Å². The van der Waals surface area contributed by atoms with E-state index >= 15 is 0 Å². The molecule has 0 radical (unpaired) electrons. The van der Waals surface area contributed by atoms with Crippen molar-refractivity contribution < 1.29 is 14.0 Å². The second-order valence-electron chi connectivity index (χ2n) is 6.05. The van der Waals surface area contributed by atoms with Gasteiger partial charge in [-0.2, -0.15) is 0 Å². The highest BCUT2D eigenvalue weighted by Gasteiger charge is 2.10. The number of nitrogens with zero attached hydrogens (tertiary/aromatic N) is 3. The highest BCUT2D eigenvalue weighted by Crippen LogP contribution is 2.26. The zero-order valence-electron chi connectivity index (χ0n) is 16.6. The molecule has 0 atom stereocenters. The molecule has 3 aromatic rings. The molecule has 0 saturated carbocycles. The van der Waals surface area contributed by atoms with E-state index in [9.17, 15) is 9.59 Å². The van der Waals surface area contributed by atoms with Crippen LogP contribution in [0.1, 0.15) is 36.4 Å². The highest BCUT2D eigenvalue weighted by molar-refractivity contribution is 6.41. The standard InChI is InChI=1S/C10H10Cl2N2O2.C10H8Cl2N2O/c1-2-7(15)5-14-10(16)6-3-8(11)9(12)13-4-6;1-2-7-5-14-10(15-7)6-3-8(11)9(12)13-4-6/h3-4H,2,5H2,1H3,(H,14,16);3-5H,2H2,1H3. The number of pyridine rings is 2. The molecule has 1 amide bonds. The molecule has 0 aliphatic heterocycles. The van der Waals surface area contributed by atoms with Crippen molar-refractivity contribution in [3.05, 3.63) is 62.4 Å². The zero-order chi connectivity index (χ0) is 23.0. The number of carbonyl (C=O) groups is 2. The fourth-order valence-electron chi connectivity index (χ4n) is 2.09. The maximum Gasteiger partial charge on any atom is 0.253 e. The third-order valence-electron chi connectivity index (χ3n) is 3.84. The fourth-order valence-corrected chi connectivity index (χ4v) is 2.63. The molecule has 0 unspecified atom stereocenters. The number of carbonyl (C=O) groups excluding carboxylic acids is 2. The second-order valence-corrected chi connectivity index (χ2v) is 7.58. The molecule has 0 aliphatic carbocycles. The maximum absolute atomic E-state index is 11.5. The molecule has 0 aromatic carbocycles. The number of hydrogen-bond acceptors (Lipinski definition) is 6. The molecule has 0 aliphatic rings. The number of hydrogen-bond donors (Lipinski definition) is 1. The van der Waals surface area contributed by atoms with Gasteiger partial charge in [0, 0.05) is 25.2 Å². The van der Waals surface area contributed by atoms with Gasteiger partial charge in [0.05, 0.1) is 33.9 Å². The summed E-state index contributed by atoms with van der Waals surface area (Å²) in [6.07, 6.45) is 5.78. The average molecular weight is 504 g/mol. The summed E-state index contributed by atoms with van der Waals surface area (Å²) in [6.45, 7) is 3.74. The van der Waals surface area contributed by atoms with Crippen molar-refractivity contribution in [2.24, 2.45) is 0 Å². The molecule has 1 N–H and O–H groups in total. The van der Waals surface area contributed by atoms with E-state index in [0.29, 0.717) is 17.3 Å². The van der Waals surface area contributed by atoms with Crippen LogP contribution in [0.15, 0.2) is 35.1 Å². The quantitative estimate of drug-likeness (QED) is 0.433. The smallest absolute Gasteiger partial charge is 0.253 e. The number of rotatable bonds is 6. The summed E-state index contributed by atoms with van der Waals surface area (Å²) in [5, 5.41) is 3.49. The Kier molecular flexibility index (Phi) is 9.71. The van der Waals surface area contributed by atoms with Crippen LogP contribution < -0.4 is 5.32 Å². The first kappa shape index (κ1) is 25.1. The minimum absolute atomic E-state index is 0.00950. The summed E-state index contributed by atoms with van der Waals surface area (Å²) < 4.78 is 5.46. The Bertz CT molecular complexity index is 1070. The lowest BCUT2D eigenvalue weighted by atomic mass is 10.2. The van der Waals surface area contributed by atoms with Gasteiger partial charge in [-0.1, -0.05) is 60.3 Å². The Balaban J connectivity index is 0.000000220. The fraction of sp³-hybridized carbons (Fsp3) is 0.250. The predicted octanol–water partition coefficient (Wildman–Crippen LogP) is 5.70. The van der Waals surface area contributed by atoms with Crippen molar-refractivity contribution in [2.75, 3.05) is 6.54 Å². The molecule has 11 heteroatoms. The summed E-state index contributed by atoms with van der Waals surface area (Å²) in [5.41, 5.74) is 1.00. The molecule has 164 valence electrons. The molecule has 0 spiro atoms. The van der Waals surface area contributed by atoms with E-state index in [1.807, 2.05) is 6.92 Å². The van der Waals surface area contributed by atoms with Gasteiger partial charge in [-0.15, -0.1) is 0 Å². The van der Waals surface area contributed by atoms with Gasteiger partial charge in [0.2, 0.25) is 5.89 Å².